The highest BCUT2D eigenvalue weighted by molar-refractivity contribution is 7.09. The number of urea groups is 1. The Kier molecular flexibility index (Phi) is 6.91. The van der Waals surface area contributed by atoms with Crippen molar-refractivity contribution >= 4 is 23.3 Å². The molecule has 1 unspecified atom stereocenters. The van der Waals surface area contributed by atoms with Crippen LogP contribution in [0.5, 0.6) is 0 Å². The zero-order valence-corrected chi connectivity index (χ0v) is 16.4. The van der Waals surface area contributed by atoms with Crippen molar-refractivity contribution in [3.63, 3.8) is 0 Å². The molecule has 1 atom stereocenters. The van der Waals surface area contributed by atoms with Crippen LogP contribution in [0, 0.1) is 11.8 Å². The summed E-state index contributed by atoms with van der Waals surface area (Å²) in [6, 6.07) is 4.29. The topological polar surface area (TPSA) is 64.7 Å². The lowest BCUT2D eigenvalue weighted by atomic mass is 9.96. The summed E-state index contributed by atoms with van der Waals surface area (Å²) in [6.07, 6.45) is 4.03. The van der Waals surface area contributed by atoms with Crippen molar-refractivity contribution in [2.24, 2.45) is 11.8 Å². The van der Waals surface area contributed by atoms with Crippen LogP contribution in [0.2, 0.25) is 0 Å². The minimum absolute atomic E-state index is 0.0142. The highest BCUT2D eigenvalue weighted by Crippen LogP contribution is 2.21. The smallest absolute Gasteiger partial charge is 0.317 e. The van der Waals surface area contributed by atoms with Crippen molar-refractivity contribution in [1.82, 2.24) is 20.4 Å². The Labute approximate surface area is 159 Å². The first-order valence-electron chi connectivity index (χ1n) is 9.65. The molecule has 1 aromatic heterocycles. The van der Waals surface area contributed by atoms with E-state index >= 15 is 0 Å². The Balaban J connectivity index is 1.36. The number of likely N-dealkylation sites (tertiary alicyclic amines) is 2. The molecule has 0 bridgehead atoms. The molecule has 3 amide bonds. The fourth-order valence-corrected chi connectivity index (χ4v) is 4.64. The lowest BCUT2D eigenvalue weighted by Gasteiger charge is -2.34. The highest BCUT2D eigenvalue weighted by atomic mass is 32.1. The van der Waals surface area contributed by atoms with Crippen molar-refractivity contribution < 1.29 is 9.59 Å². The zero-order chi connectivity index (χ0) is 18.4. The highest BCUT2D eigenvalue weighted by Gasteiger charge is 2.28. The van der Waals surface area contributed by atoms with E-state index in [4.69, 9.17) is 0 Å². The quantitative estimate of drug-likeness (QED) is 0.825. The SMILES string of the molecule is CNC(=O)C1CCCN(C(=O)NCC2CCN(Cc3cccs3)CC2)C1. The van der Waals surface area contributed by atoms with Gasteiger partial charge in [0, 0.05) is 38.1 Å². The molecule has 3 heterocycles. The predicted molar refractivity (Wildman–Crippen MR) is 104 cm³/mol. The number of piperidine rings is 2. The summed E-state index contributed by atoms with van der Waals surface area (Å²) in [7, 11) is 1.66. The molecule has 0 aliphatic carbocycles. The summed E-state index contributed by atoms with van der Waals surface area (Å²) in [6.45, 7) is 5.27. The van der Waals surface area contributed by atoms with Crippen LogP contribution in [-0.2, 0) is 11.3 Å². The van der Waals surface area contributed by atoms with Crippen LogP contribution in [0.4, 0.5) is 4.79 Å². The maximum absolute atomic E-state index is 12.4. The Morgan fingerprint density at radius 1 is 1.23 bits per heavy atom. The van der Waals surface area contributed by atoms with Gasteiger partial charge in [-0.15, -0.1) is 11.3 Å². The standard InChI is InChI=1S/C19H30N4O2S/c1-20-18(24)16-4-2-8-23(13-16)19(25)21-12-15-6-9-22(10-7-15)14-17-5-3-11-26-17/h3,5,11,15-16H,2,4,6-10,12-14H2,1H3,(H,20,24)(H,21,25). The molecule has 26 heavy (non-hydrogen) atoms. The number of hydrogen-bond acceptors (Lipinski definition) is 4. The fraction of sp³-hybridized carbons (Fsp3) is 0.684. The molecule has 0 radical (unpaired) electrons. The maximum Gasteiger partial charge on any atom is 0.317 e. The van der Waals surface area contributed by atoms with Gasteiger partial charge in [0.25, 0.3) is 0 Å². The van der Waals surface area contributed by atoms with E-state index in [9.17, 15) is 9.59 Å². The number of nitrogens with zero attached hydrogens (tertiary/aromatic N) is 2. The molecule has 2 aliphatic heterocycles. The molecule has 144 valence electrons. The van der Waals surface area contributed by atoms with Gasteiger partial charge in [0.15, 0.2) is 0 Å². The summed E-state index contributed by atoms with van der Waals surface area (Å²) in [5.74, 6) is 0.527. The molecule has 0 saturated carbocycles. The van der Waals surface area contributed by atoms with E-state index in [1.54, 1.807) is 11.9 Å². The van der Waals surface area contributed by atoms with E-state index in [2.05, 4.69) is 33.0 Å². The van der Waals surface area contributed by atoms with Crippen LogP contribution in [0.25, 0.3) is 0 Å². The van der Waals surface area contributed by atoms with Gasteiger partial charge in [0.1, 0.15) is 0 Å². The second kappa shape index (κ2) is 9.37. The van der Waals surface area contributed by atoms with Gasteiger partial charge in [-0.3, -0.25) is 9.69 Å². The minimum atomic E-state index is -0.0695. The van der Waals surface area contributed by atoms with Gasteiger partial charge in [-0.05, 0) is 56.1 Å². The summed E-state index contributed by atoms with van der Waals surface area (Å²) in [4.78, 5) is 30.0. The molecule has 3 rings (SSSR count). The number of amides is 3. The van der Waals surface area contributed by atoms with Gasteiger partial charge in [-0.25, -0.2) is 4.79 Å². The van der Waals surface area contributed by atoms with Gasteiger partial charge in [-0.2, -0.15) is 0 Å². The first kappa shape index (κ1) is 19.2. The van der Waals surface area contributed by atoms with Crippen LogP contribution >= 0.6 is 11.3 Å². The third-order valence-electron chi connectivity index (χ3n) is 5.53. The van der Waals surface area contributed by atoms with E-state index < -0.39 is 0 Å². The molecule has 2 saturated heterocycles. The molecule has 0 spiro atoms. The van der Waals surface area contributed by atoms with Gasteiger partial charge in [0.05, 0.1) is 5.92 Å². The number of carbonyl (C=O) groups excluding carboxylic acids is 2. The predicted octanol–water partition coefficient (Wildman–Crippen LogP) is 2.13. The largest absolute Gasteiger partial charge is 0.359 e. The average Bonchev–Trinajstić information content (AvgIpc) is 3.19. The van der Waals surface area contributed by atoms with Gasteiger partial charge in [-0.1, -0.05) is 6.07 Å². The molecule has 2 aliphatic rings. The van der Waals surface area contributed by atoms with Crippen LogP contribution in [-0.4, -0.2) is 61.5 Å². The van der Waals surface area contributed by atoms with Crippen molar-refractivity contribution in [3.05, 3.63) is 22.4 Å². The van der Waals surface area contributed by atoms with Crippen molar-refractivity contribution in [2.45, 2.75) is 32.2 Å². The van der Waals surface area contributed by atoms with Crippen LogP contribution in [0.1, 0.15) is 30.6 Å². The summed E-state index contributed by atoms with van der Waals surface area (Å²) in [5.41, 5.74) is 0. The monoisotopic (exact) mass is 378 g/mol. The summed E-state index contributed by atoms with van der Waals surface area (Å²) < 4.78 is 0. The van der Waals surface area contributed by atoms with E-state index in [-0.39, 0.29) is 17.9 Å². The molecule has 2 N–H and O–H groups in total. The third kappa shape index (κ3) is 5.20. The molecular formula is C19H30N4O2S. The van der Waals surface area contributed by atoms with E-state index in [0.29, 0.717) is 12.5 Å². The average molecular weight is 379 g/mol. The molecule has 7 heteroatoms. The van der Waals surface area contributed by atoms with E-state index in [1.165, 1.54) is 4.88 Å². The fourth-order valence-electron chi connectivity index (χ4n) is 3.89. The number of hydrogen-bond donors (Lipinski definition) is 2. The first-order chi connectivity index (χ1) is 12.7. The zero-order valence-electron chi connectivity index (χ0n) is 15.6. The van der Waals surface area contributed by atoms with Crippen LogP contribution in [0.15, 0.2) is 17.5 Å². The summed E-state index contributed by atoms with van der Waals surface area (Å²) >= 11 is 1.82. The first-order valence-corrected chi connectivity index (χ1v) is 10.5. The van der Waals surface area contributed by atoms with Crippen LogP contribution < -0.4 is 10.6 Å². The number of carbonyl (C=O) groups is 2. The molecule has 0 aromatic carbocycles. The van der Waals surface area contributed by atoms with E-state index in [0.717, 1.165) is 58.4 Å². The second-order valence-electron chi connectivity index (χ2n) is 7.38. The lowest BCUT2D eigenvalue weighted by Crippen LogP contribution is -2.49. The molecule has 6 nitrogen and oxygen atoms in total. The van der Waals surface area contributed by atoms with E-state index in [1.807, 2.05) is 11.3 Å². The Morgan fingerprint density at radius 2 is 2.04 bits per heavy atom. The molecule has 2 fully saturated rings. The minimum Gasteiger partial charge on any atom is -0.359 e. The van der Waals surface area contributed by atoms with Crippen LogP contribution in [0.3, 0.4) is 0 Å². The summed E-state index contributed by atoms with van der Waals surface area (Å²) in [5, 5.41) is 7.93. The Bertz CT molecular complexity index is 584. The number of rotatable bonds is 5. The van der Waals surface area contributed by atoms with Crippen molar-refractivity contribution in [2.75, 3.05) is 39.8 Å². The Morgan fingerprint density at radius 3 is 2.73 bits per heavy atom. The lowest BCUT2D eigenvalue weighted by molar-refractivity contribution is -0.125. The van der Waals surface area contributed by atoms with Crippen molar-refractivity contribution in [3.8, 4) is 0 Å². The molecule has 1 aromatic rings. The molecular weight excluding hydrogens is 348 g/mol. The van der Waals surface area contributed by atoms with Crippen molar-refractivity contribution in [1.29, 1.82) is 0 Å². The Hall–Kier alpha value is -1.60. The van der Waals surface area contributed by atoms with Gasteiger partial charge < -0.3 is 15.5 Å². The maximum atomic E-state index is 12.4. The number of thiophene rings is 1. The number of nitrogens with one attached hydrogen (secondary N) is 2. The third-order valence-corrected chi connectivity index (χ3v) is 6.40. The van der Waals surface area contributed by atoms with Gasteiger partial charge >= 0.3 is 6.03 Å². The second-order valence-corrected chi connectivity index (χ2v) is 8.42. The van der Waals surface area contributed by atoms with Gasteiger partial charge in [0.2, 0.25) is 5.91 Å². The normalized spacial score (nSPS) is 22.2.